The lowest BCUT2D eigenvalue weighted by Crippen LogP contribution is -2.19. The van der Waals surface area contributed by atoms with Gasteiger partial charge in [-0.3, -0.25) is 0 Å². The van der Waals surface area contributed by atoms with Gasteiger partial charge in [-0.15, -0.1) is 0 Å². The average Bonchev–Trinajstić information content (AvgIpc) is 2.37. The molecule has 2 aliphatic rings. The van der Waals surface area contributed by atoms with E-state index in [-0.39, 0.29) is 18.4 Å². The van der Waals surface area contributed by atoms with Crippen LogP contribution >= 0.6 is 0 Å². The zero-order valence-electron chi connectivity index (χ0n) is 7.89. The number of hydrogen-bond donors (Lipinski definition) is 1. The number of aliphatic hydroxyl groups is 1. The van der Waals surface area contributed by atoms with E-state index in [2.05, 4.69) is 0 Å². The molecule has 0 bridgehead atoms. The second-order valence-corrected chi connectivity index (χ2v) is 4.90. The number of aliphatic hydroxyl groups excluding tert-OH is 1. The first kappa shape index (κ1) is 9.38. The molecule has 0 amide bonds. The number of hydrogen-bond acceptors (Lipinski definition) is 1. The quantitative estimate of drug-likeness (QED) is 0.709. The third-order valence-corrected chi connectivity index (χ3v) is 3.70. The zero-order valence-corrected chi connectivity index (χ0v) is 7.89. The van der Waals surface area contributed by atoms with E-state index in [1.54, 1.807) is 6.92 Å². The Bertz CT molecular complexity index is 217. The van der Waals surface area contributed by atoms with Crippen molar-refractivity contribution in [3.05, 3.63) is 0 Å². The van der Waals surface area contributed by atoms with Gasteiger partial charge in [0.05, 0.1) is 6.10 Å². The predicted octanol–water partition coefficient (Wildman–Crippen LogP) is 2.58. The molecular formula is C10H16F2O. The van der Waals surface area contributed by atoms with Crippen molar-refractivity contribution in [2.75, 3.05) is 0 Å². The molecular weight excluding hydrogens is 174 g/mol. The Morgan fingerprint density at radius 1 is 1.38 bits per heavy atom. The molecule has 2 fully saturated rings. The van der Waals surface area contributed by atoms with Crippen LogP contribution in [-0.4, -0.2) is 17.1 Å². The van der Waals surface area contributed by atoms with Crippen molar-refractivity contribution >= 4 is 0 Å². The predicted molar refractivity (Wildman–Crippen MR) is 45.6 cm³/mol. The van der Waals surface area contributed by atoms with Crippen LogP contribution < -0.4 is 0 Å². The van der Waals surface area contributed by atoms with Gasteiger partial charge >= 0.3 is 0 Å². The number of alkyl halides is 2. The molecule has 0 saturated heterocycles. The van der Waals surface area contributed by atoms with Gasteiger partial charge in [-0.1, -0.05) is 13.3 Å². The van der Waals surface area contributed by atoms with E-state index in [9.17, 15) is 13.9 Å². The molecule has 3 unspecified atom stereocenters. The van der Waals surface area contributed by atoms with Gasteiger partial charge in [0.15, 0.2) is 0 Å². The molecule has 13 heavy (non-hydrogen) atoms. The van der Waals surface area contributed by atoms with Gasteiger partial charge < -0.3 is 5.11 Å². The third-order valence-electron chi connectivity index (χ3n) is 3.70. The molecule has 2 saturated carbocycles. The highest BCUT2D eigenvalue weighted by atomic mass is 19.3. The van der Waals surface area contributed by atoms with Gasteiger partial charge in [0.1, 0.15) is 0 Å². The maximum Gasteiger partial charge on any atom is 0.254 e. The molecule has 0 heterocycles. The Morgan fingerprint density at radius 2 is 2.00 bits per heavy atom. The summed E-state index contributed by atoms with van der Waals surface area (Å²) in [7, 11) is 0. The van der Waals surface area contributed by atoms with E-state index < -0.39 is 11.3 Å². The first-order chi connectivity index (χ1) is 5.95. The van der Waals surface area contributed by atoms with Gasteiger partial charge in [-0.25, -0.2) is 8.78 Å². The fourth-order valence-electron chi connectivity index (χ4n) is 2.50. The first-order valence-electron chi connectivity index (χ1n) is 5.00. The Kier molecular flexibility index (Phi) is 1.92. The van der Waals surface area contributed by atoms with Gasteiger partial charge in [0.25, 0.3) is 5.92 Å². The molecule has 2 aliphatic carbocycles. The van der Waals surface area contributed by atoms with Gasteiger partial charge in [-0.05, 0) is 25.2 Å². The van der Waals surface area contributed by atoms with Gasteiger partial charge in [-0.2, -0.15) is 0 Å². The van der Waals surface area contributed by atoms with Crippen molar-refractivity contribution in [1.82, 2.24) is 0 Å². The maximum atomic E-state index is 12.9. The van der Waals surface area contributed by atoms with E-state index in [1.165, 1.54) is 0 Å². The standard InChI is InChI=1S/C10H16F2O/c1-9(6-10(9,11)12)5-7-3-2-4-8(7)13/h7-8,13H,2-6H2,1H3. The van der Waals surface area contributed by atoms with Gasteiger partial charge in [0, 0.05) is 11.8 Å². The summed E-state index contributed by atoms with van der Waals surface area (Å²) < 4.78 is 25.8. The largest absolute Gasteiger partial charge is 0.393 e. The van der Waals surface area contributed by atoms with Gasteiger partial charge in [0.2, 0.25) is 0 Å². The topological polar surface area (TPSA) is 20.2 Å². The van der Waals surface area contributed by atoms with Crippen LogP contribution in [0, 0.1) is 11.3 Å². The molecule has 0 aromatic rings. The molecule has 2 rings (SSSR count). The van der Waals surface area contributed by atoms with Crippen LogP contribution in [0.3, 0.4) is 0 Å². The van der Waals surface area contributed by atoms with E-state index in [4.69, 9.17) is 0 Å². The lowest BCUT2D eigenvalue weighted by atomic mass is 9.90. The fourth-order valence-corrected chi connectivity index (χ4v) is 2.50. The highest BCUT2D eigenvalue weighted by Crippen LogP contribution is 2.64. The van der Waals surface area contributed by atoms with Crippen LogP contribution in [0.2, 0.25) is 0 Å². The van der Waals surface area contributed by atoms with E-state index >= 15 is 0 Å². The second-order valence-electron chi connectivity index (χ2n) is 4.90. The molecule has 3 heteroatoms. The van der Waals surface area contributed by atoms with Crippen molar-refractivity contribution in [2.45, 2.75) is 51.1 Å². The molecule has 0 spiro atoms. The van der Waals surface area contributed by atoms with E-state index in [0.717, 1.165) is 19.3 Å². The van der Waals surface area contributed by atoms with E-state index in [1.807, 2.05) is 0 Å². The summed E-state index contributed by atoms with van der Waals surface area (Å²) in [4.78, 5) is 0. The molecule has 0 radical (unpaired) electrons. The summed E-state index contributed by atoms with van der Waals surface area (Å²) in [6.45, 7) is 1.64. The van der Waals surface area contributed by atoms with Crippen LogP contribution in [0.15, 0.2) is 0 Å². The Hall–Kier alpha value is -0.180. The van der Waals surface area contributed by atoms with Crippen molar-refractivity contribution in [1.29, 1.82) is 0 Å². The summed E-state index contributed by atoms with van der Waals surface area (Å²) in [5.74, 6) is -2.34. The summed E-state index contributed by atoms with van der Waals surface area (Å²) >= 11 is 0. The van der Waals surface area contributed by atoms with Crippen LogP contribution in [-0.2, 0) is 0 Å². The number of halogens is 2. The molecule has 1 N–H and O–H groups in total. The summed E-state index contributed by atoms with van der Waals surface area (Å²) in [6.07, 6.45) is 2.91. The highest BCUT2D eigenvalue weighted by molar-refractivity contribution is 5.08. The minimum absolute atomic E-state index is 0.0171. The second kappa shape index (κ2) is 2.66. The van der Waals surface area contributed by atoms with E-state index in [0.29, 0.717) is 6.42 Å². The summed E-state index contributed by atoms with van der Waals surface area (Å²) in [5, 5.41) is 9.51. The normalized spacial score (nSPS) is 48.0. The SMILES string of the molecule is CC1(CC2CCCC2O)CC1(F)F. The Morgan fingerprint density at radius 3 is 2.38 bits per heavy atom. The summed E-state index contributed by atoms with van der Waals surface area (Å²) in [5.41, 5.74) is -0.803. The lowest BCUT2D eigenvalue weighted by Gasteiger charge is -2.18. The van der Waals surface area contributed by atoms with Crippen molar-refractivity contribution in [3.8, 4) is 0 Å². The molecule has 1 nitrogen and oxygen atoms in total. The van der Waals surface area contributed by atoms with Crippen molar-refractivity contribution < 1.29 is 13.9 Å². The molecule has 3 atom stereocenters. The Labute approximate surface area is 77.1 Å². The minimum Gasteiger partial charge on any atom is -0.393 e. The van der Waals surface area contributed by atoms with Crippen LogP contribution in [0.25, 0.3) is 0 Å². The molecule has 0 aromatic heterocycles. The molecule has 0 aromatic carbocycles. The number of rotatable bonds is 2. The first-order valence-corrected chi connectivity index (χ1v) is 5.00. The van der Waals surface area contributed by atoms with Crippen LogP contribution in [0.5, 0.6) is 0 Å². The molecule has 0 aliphatic heterocycles. The smallest absolute Gasteiger partial charge is 0.254 e. The van der Waals surface area contributed by atoms with Crippen molar-refractivity contribution in [3.63, 3.8) is 0 Å². The lowest BCUT2D eigenvalue weighted by molar-refractivity contribution is 0.0456. The summed E-state index contributed by atoms with van der Waals surface area (Å²) in [6, 6.07) is 0. The molecule has 76 valence electrons. The third kappa shape index (κ3) is 1.47. The monoisotopic (exact) mass is 190 g/mol. The van der Waals surface area contributed by atoms with Crippen LogP contribution in [0.1, 0.15) is 39.0 Å². The van der Waals surface area contributed by atoms with Crippen LogP contribution in [0.4, 0.5) is 8.78 Å². The zero-order chi connectivity index (χ0) is 9.69. The minimum atomic E-state index is -2.46. The maximum absolute atomic E-state index is 12.9. The fraction of sp³-hybridized carbons (Fsp3) is 1.00. The highest BCUT2D eigenvalue weighted by Gasteiger charge is 2.68. The Balaban J connectivity index is 1.92. The van der Waals surface area contributed by atoms with Crippen molar-refractivity contribution in [2.24, 2.45) is 11.3 Å². The average molecular weight is 190 g/mol.